The monoisotopic (exact) mass is 291 g/mol. The van der Waals surface area contributed by atoms with Gasteiger partial charge in [0.05, 0.1) is 12.3 Å². The lowest BCUT2D eigenvalue weighted by atomic mass is 10.0. The summed E-state index contributed by atoms with van der Waals surface area (Å²) in [6.45, 7) is 8.67. The number of ether oxygens (including phenoxy) is 1. The van der Waals surface area contributed by atoms with Gasteiger partial charge in [-0.2, -0.15) is 0 Å². The van der Waals surface area contributed by atoms with Crippen molar-refractivity contribution in [2.24, 2.45) is 0 Å². The van der Waals surface area contributed by atoms with Crippen molar-refractivity contribution in [3.63, 3.8) is 0 Å². The van der Waals surface area contributed by atoms with E-state index in [2.05, 4.69) is 24.1 Å². The summed E-state index contributed by atoms with van der Waals surface area (Å²) in [6, 6.07) is 6.57. The molecule has 0 bridgehead atoms. The molecule has 0 aliphatic carbocycles. The summed E-state index contributed by atoms with van der Waals surface area (Å²) in [5.74, 6) is 0.797. The van der Waals surface area contributed by atoms with Crippen molar-refractivity contribution in [2.45, 2.75) is 45.6 Å². The Morgan fingerprint density at radius 3 is 2.67 bits per heavy atom. The molecule has 2 rings (SSSR count). The van der Waals surface area contributed by atoms with Crippen LogP contribution in [0.3, 0.4) is 0 Å². The molecule has 0 aromatic heterocycles. The molecule has 0 atom stereocenters. The zero-order valence-electron chi connectivity index (χ0n) is 13.4. The van der Waals surface area contributed by atoms with Crippen LogP contribution < -0.4 is 15.8 Å². The van der Waals surface area contributed by atoms with Crippen molar-refractivity contribution < 1.29 is 4.74 Å². The maximum absolute atomic E-state index is 5.96. The molecule has 0 amide bonds. The largest absolute Gasteiger partial charge is 0.491 e. The van der Waals surface area contributed by atoms with E-state index in [0.717, 1.165) is 17.9 Å². The first-order valence-electron chi connectivity index (χ1n) is 8.24. The van der Waals surface area contributed by atoms with Crippen LogP contribution in [-0.2, 0) is 0 Å². The third-order valence-corrected chi connectivity index (χ3v) is 3.97. The Bertz CT molecular complexity index is 428. The van der Waals surface area contributed by atoms with E-state index in [1.54, 1.807) is 0 Å². The van der Waals surface area contributed by atoms with Gasteiger partial charge >= 0.3 is 0 Å². The van der Waals surface area contributed by atoms with Gasteiger partial charge in [-0.25, -0.2) is 0 Å². The van der Waals surface area contributed by atoms with Crippen molar-refractivity contribution in [1.82, 2.24) is 4.90 Å². The lowest BCUT2D eigenvalue weighted by Crippen LogP contribution is -2.39. The number of anilines is 2. The number of nitrogens with one attached hydrogen (secondary N) is 1. The van der Waals surface area contributed by atoms with E-state index in [1.165, 1.54) is 38.9 Å². The molecule has 1 aromatic rings. The minimum atomic E-state index is 0.556. The number of piperidine rings is 1. The molecule has 1 aliphatic rings. The molecule has 1 saturated heterocycles. The summed E-state index contributed by atoms with van der Waals surface area (Å²) < 4.78 is 5.69. The first-order valence-corrected chi connectivity index (χ1v) is 8.24. The molecular formula is C17H29N3O. The lowest BCUT2D eigenvalue weighted by molar-refractivity contribution is 0.219. The van der Waals surface area contributed by atoms with E-state index in [1.807, 2.05) is 18.2 Å². The molecule has 0 spiro atoms. The van der Waals surface area contributed by atoms with Crippen molar-refractivity contribution in [1.29, 1.82) is 0 Å². The standard InChI is InChI=1S/C17H29N3O/c1-3-9-20-10-7-14(8-11-20)19-15-5-6-16(18)17(13-15)21-12-4-2/h5-6,13-14,19H,3-4,7-12,18H2,1-2H3. The summed E-state index contributed by atoms with van der Waals surface area (Å²) in [7, 11) is 0. The minimum absolute atomic E-state index is 0.556. The zero-order chi connectivity index (χ0) is 15.1. The second kappa shape index (κ2) is 8.13. The van der Waals surface area contributed by atoms with E-state index in [0.29, 0.717) is 18.3 Å². The van der Waals surface area contributed by atoms with Crippen molar-refractivity contribution >= 4 is 11.4 Å². The van der Waals surface area contributed by atoms with Crippen LogP contribution in [0.25, 0.3) is 0 Å². The normalized spacial score (nSPS) is 16.9. The molecule has 0 unspecified atom stereocenters. The quantitative estimate of drug-likeness (QED) is 0.757. The number of nitrogen functional groups attached to an aromatic ring is 1. The van der Waals surface area contributed by atoms with Gasteiger partial charge in [-0.05, 0) is 44.4 Å². The molecule has 1 aromatic carbocycles. The van der Waals surface area contributed by atoms with Crippen LogP contribution in [0.2, 0.25) is 0 Å². The number of nitrogens with zero attached hydrogens (tertiary/aromatic N) is 1. The van der Waals surface area contributed by atoms with Gasteiger partial charge in [0, 0.05) is 30.9 Å². The van der Waals surface area contributed by atoms with E-state index in [4.69, 9.17) is 10.5 Å². The van der Waals surface area contributed by atoms with Crippen molar-refractivity contribution in [3.8, 4) is 5.75 Å². The van der Waals surface area contributed by atoms with E-state index in [-0.39, 0.29) is 0 Å². The van der Waals surface area contributed by atoms with Crippen LogP contribution >= 0.6 is 0 Å². The second-order valence-corrected chi connectivity index (χ2v) is 5.86. The second-order valence-electron chi connectivity index (χ2n) is 5.86. The van der Waals surface area contributed by atoms with Crippen LogP contribution in [0.4, 0.5) is 11.4 Å². The van der Waals surface area contributed by atoms with Crippen molar-refractivity contribution in [3.05, 3.63) is 18.2 Å². The smallest absolute Gasteiger partial charge is 0.144 e. The number of rotatable bonds is 7. The molecule has 0 radical (unpaired) electrons. The molecule has 3 N–H and O–H groups in total. The fraction of sp³-hybridized carbons (Fsp3) is 0.647. The highest BCUT2D eigenvalue weighted by Gasteiger charge is 2.18. The van der Waals surface area contributed by atoms with Crippen LogP contribution in [0.15, 0.2) is 18.2 Å². The zero-order valence-corrected chi connectivity index (χ0v) is 13.4. The van der Waals surface area contributed by atoms with E-state index >= 15 is 0 Å². The third kappa shape index (κ3) is 4.81. The fourth-order valence-electron chi connectivity index (χ4n) is 2.81. The lowest BCUT2D eigenvalue weighted by Gasteiger charge is -2.32. The number of hydrogen-bond donors (Lipinski definition) is 2. The molecule has 1 heterocycles. The highest BCUT2D eigenvalue weighted by Crippen LogP contribution is 2.27. The Morgan fingerprint density at radius 1 is 1.24 bits per heavy atom. The molecule has 118 valence electrons. The third-order valence-electron chi connectivity index (χ3n) is 3.97. The molecule has 1 fully saturated rings. The minimum Gasteiger partial charge on any atom is -0.491 e. The topological polar surface area (TPSA) is 50.5 Å². The van der Waals surface area contributed by atoms with Gasteiger partial charge in [0.25, 0.3) is 0 Å². The highest BCUT2D eigenvalue weighted by molar-refractivity contribution is 5.61. The maximum Gasteiger partial charge on any atom is 0.144 e. The predicted octanol–water partition coefficient (Wildman–Crippen LogP) is 3.34. The van der Waals surface area contributed by atoms with Crippen LogP contribution in [-0.4, -0.2) is 37.2 Å². The number of nitrogens with two attached hydrogens (primary N) is 1. The number of benzene rings is 1. The van der Waals surface area contributed by atoms with Gasteiger partial charge in [-0.3, -0.25) is 0 Å². The van der Waals surface area contributed by atoms with Gasteiger partial charge in [-0.1, -0.05) is 13.8 Å². The van der Waals surface area contributed by atoms with Gasteiger partial charge in [0.1, 0.15) is 5.75 Å². The Morgan fingerprint density at radius 2 is 2.00 bits per heavy atom. The highest BCUT2D eigenvalue weighted by atomic mass is 16.5. The Kier molecular flexibility index (Phi) is 6.18. The van der Waals surface area contributed by atoms with E-state index < -0.39 is 0 Å². The maximum atomic E-state index is 5.96. The Hall–Kier alpha value is -1.42. The molecule has 0 saturated carbocycles. The summed E-state index contributed by atoms with van der Waals surface area (Å²) in [5.41, 5.74) is 7.79. The Balaban J connectivity index is 1.88. The van der Waals surface area contributed by atoms with Crippen LogP contribution in [0, 0.1) is 0 Å². The molecule has 1 aliphatic heterocycles. The van der Waals surface area contributed by atoms with E-state index in [9.17, 15) is 0 Å². The van der Waals surface area contributed by atoms with Crippen LogP contribution in [0.5, 0.6) is 5.75 Å². The van der Waals surface area contributed by atoms with Gasteiger partial charge in [0.15, 0.2) is 0 Å². The van der Waals surface area contributed by atoms with Gasteiger partial charge in [-0.15, -0.1) is 0 Å². The summed E-state index contributed by atoms with van der Waals surface area (Å²) in [5, 5.41) is 3.63. The number of likely N-dealkylation sites (tertiary alicyclic amines) is 1. The first-order chi connectivity index (χ1) is 10.2. The summed E-state index contributed by atoms with van der Waals surface area (Å²) in [6.07, 6.45) is 4.65. The van der Waals surface area contributed by atoms with Gasteiger partial charge in [0.2, 0.25) is 0 Å². The average molecular weight is 291 g/mol. The summed E-state index contributed by atoms with van der Waals surface area (Å²) >= 11 is 0. The average Bonchev–Trinajstić information content (AvgIpc) is 2.50. The Labute approximate surface area is 128 Å². The first kappa shape index (κ1) is 16.0. The molecule has 21 heavy (non-hydrogen) atoms. The number of hydrogen-bond acceptors (Lipinski definition) is 4. The molecule has 4 heteroatoms. The van der Waals surface area contributed by atoms with Crippen molar-refractivity contribution in [2.75, 3.05) is 37.3 Å². The fourth-order valence-corrected chi connectivity index (χ4v) is 2.81. The molecule has 4 nitrogen and oxygen atoms in total. The molecular weight excluding hydrogens is 262 g/mol. The van der Waals surface area contributed by atoms with Gasteiger partial charge < -0.3 is 20.7 Å². The predicted molar refractivity (Wildman–Crippen MR) is 90.0 cm³/mol. The SMILES string of the molecule is CCCOc1cc(NC2CCN(CCC)CC2)ccc1N. The van der Waals surface area contributed by atoms with Crippen LogP contribution in [0.1, 0.15) is 39.5 Å². The summed E-state index contributed by atoms with van der Waals surface area (Å²) in [4.78, 5) is 2.55.